The summed E-state index contributed by atoms with van der Waals surface area (Å²) in [4.78, 5) is 60.6. The Balaban J connectivity index is 1.10. The molecule has 0 spiro atoms. The monoisotopic (exact) mass is 803 g/mol. The Morgan fingerprint density at radius 1 is 0.915 bits per heavy atom. The van der Waals surface area contributed by atoms with Crippen molar-refractivity contribution in [1.29, 1.82) is 0 Å². The molecule has 10 rings (SSSR count). The maximum Gasteiger partial charge on any atom is 0.245 e. The van der Waals surface area contributed by atoms with Gasteiger partial charge < -0.3 is 34.2 Å². The largest absolute Gasteiger partial charge is 0.378 e. The number of amides is 2. The number of rotatable bonds is 5. The number of benzene rings is 1. The lowest BCUT2D eigenvalue weighted by atomic mass is 10.1. The molecular weight excluding hydrogens is 761 g/mol. The van der Waals surface area contributed by atoms with E-state index in [1.165, 1.54) is 10.7 Å². The lowest BCUT2D eigenvalue weighted by Crippen LogP contribution is -2.57. The number of carbonyl (C=O) groups is 2. The Hall–Kier alpha value is -6.30. The van der Waals surface area contributed by atoms with Crippen LogP contribution in [0, 0.1) is 18.6 Å². The summed E-state index contributed by atoms with van der Waals surface area (Å²) in [7, 11) is 3.40. The van der Waals surface area contributed by atoms with Crippen LogP contribution in [0.4, 0.5) is 26.4 Å². The molecule has 1 saturated carbocycles. The molecule has 1 N–H and O–H groups in total. The standard InChI is InChI=1S/C41H43F2N13O3/c1-22-39(57)53(26-9-10-26)15-14-52(22)41-49-37(28-18-45-56(38(28)50-41)32-11-8-24(42)16-29(32)43)55-19-25-17-33(55)40(58)51(3)20-27(59-4)21-54-23(2)46-31-12-13-44-35(36(31)54)30-6-5-7-34(47-25)48-30/h5-8,11-13,16,18,22,25-27,33H,9-10,14-15,17,19-21H2,1-4H3,(H,47,48). The van der Waals surface area contributed by atoms with E-state index in [1.807, 2.05) is 52.8 Å². The molecule has 1 aliphatic carbocycles. The van der Waals surface area contributed by atoms with Crippen molar-refractivity contribution < 1.29 is 23.1 Å². The van der Waals surface area contributed by atoms with E-state index in [4.69, 9.17) is 29.7 Å². The van der Waals surface area contributed by atoms with Gasteiger partial charge >= 0.3 is 0 Å². The predicted molar refractivity (Wildman–Crippen MR) is 215 cm³/mol. The van der Waals surface area contributed by atoms with Crippen molar-refractivity contribution in [2.24, 2.45) is 0 Å². The zero-order chi connectivity index (χ0) is 40.7. The molecule has 4 unspecified atom stereocenters. The number of methoxy groups -OCH3 is 1. The summed E-state index contributed by atoms with van der Waals surface area (Å²) in [5.74, 6) is 0.317. The number of hydrogen-bond donors (Lipinski definition) is 1. The SMILES string of the molecule is COC1CN(C)C(=O)C2CC(CN2c2nc(N3CCN(C4CC4)C(=O)C3C)nc3c2cnn3-c2ccc(F)cc2F)Nc2cccc(n2)-c2nccc3nc(C)n(c23)C1. The number of anilines is 3. The van der Waals surface area contributed by atoms with E-state index in [0.717, 1.165) is 41.8 Å². The summed E-state index contributed by atoms with van der Waals surface area (Å²) in [6.45, 7) is 5.77. The number of piperazine rings is 1. The van der Waals surface area contributed by atoms with Gasteiger partial charge in [-0.1, -0.05) is 6.07 Å². The molecule has 4 bridgehead atoms. The van der Waals surface area contributed by atoms with Gasteiger partial charge in [0.15, 0.2) is 11.5 Å². The Morgan fingerprint density at radius 3 is 2.54 bits per heavy atom. The molecule has 5 aromatic heterocycles. The Bertz CT molecular complexity index is 2650. The van der Waals surface area contributed by atoms with E-state index < -0.39 is 29.8 Å². The highest BCUT2D eigenvalue weighted by Crippen LogP contribution is 2.37. The molecule has 18 heteroatoms. The van der Waals surface area contributed by atoms with Crippen molar-refractivity contribution >= 4 is 51.5 Å². The number of ether oxygens (including phenoxy) is 1. The fourth-order valence-electron chi connectivity index (χ4n) is 8.91. The number of aryl methyl sites for hydroxylation is 1. The van der Waals surface area contributed by atoms with E-state index in [1.54, 1.807) is 31.5 Å². The molecule has 4 atom stereocenters. The molecule has 3 aliphatic heterocycles. The van der Waals surface area contributed by atoms with Crippen LogP contribution in [-0.2, 0) is 20.9 Å². The topological polar surface area (TPSA) is 156 Å². The number of pyridine rings is 2. The van der Waals surface area contributed by atoms with E-state index >= 15 is 4.39 Å². The maximum absolute atomic E-state index is 15.4. The number of carbonyl (C=O) groups excluding carboxylic acids is 2. The van der Waals surface area contributed by atoms with Crippen molar-refractivity contribution in [3.05, 3.63) is 72.3 Å². The van der Waals surface area contributed by atoms with Crippen LogP contribution in [0.2, 0.25) is 0 Å². The van der Waals surface area contributed by atoms with Gasteiger partial charge in [0, 0.05) is 64.7 Å². The lowest BCUT2D eigenvalue weighted by Gasteiger charge is -2.39. The molecule has 1 aromatic carbocycles. The molecular formula is C41H43F2N13O3. The van der Waals surface area contributed by atoms with Crippen LogP contribution < -0.4 is 15.1 Å². The number of nitrogens with one attached hydrogen (secondary N) is 1. The maximum atomic E-state index is 15.4. The quantitative estimate of drug-likeness (QED) is 0.268. The number of nitrogens with zero attached hydrogens (tertiary/aromatic N) is 12. The first-order valence-corrected chi connectivity index (χ1v) is 19.9. The molecule has 16 nitrogen and oxygen atoms in total. The highest BCUT2D eigenvalue weighted by atomic mass is 19.1. The van der Waals surface area contributed by atoms with E-state index in [-0.39, 0.29) is 47.7 Å². The highest BCUT2D eigenvalue weighted by molar-refractivity contribution is 5.94. The smallest absolute Gasteiger partial charge is 0.245 e. The Kier molecular flexibility index (Phi) is 8.91. The van der Waals surface area contributed by atoms with Crippen molar-refractivity contribution in [3.8, 4) is 17.1 Å². The van der Waals surface area contributed by atoms with Gasteiger partial charge in [-0.25, -0.2) is 23.4 Å². The second kappa shape index (κ2) is 14.2. The number of aromatic nitrogens is 8. The Labute approximate surface area is 337 Å². The van der Waals surface area contributed by atoms with E-state index in [9.17, 15) is 14.0 Å². The first kappa shape index (κ1) is 37.0. The summed E-state index contributed by atoms with van der Waals surface area (Å²) in [6, 6.07) is 9.56. The second-order valence-electron chi connectivity index (χ2n) is 15.9. The lowest BCUT2D eigenvalue weighted by molar-refractivity contribution is -0.134. The van der Waals surface area contributed by atoms with Gasteiger partial charge in [0.1, 0.15) is 46.7 Å². The minimum Gasteiger partial charge on any atom is -0.378 e. The molecule has 59 heavy (non-hydrogen) atoms. The molecule has 2 saturated heterocycles. The summed E-state index contributed by atoms with van der Waals surface area (Å²) in [5.41, 5.74) is 3.21. The van der Waals surface area contributed by atoms with Crippen LogP contribution in [0.25, 0.3) is 39.1 Å². The first-order valence-electron chi connectivity index (χ1n) is 19.9. The molecule has 3 fully saturated rings. The minimum absolute atomic E-state index is 0.00697. The van der Waals surface area contributed by atoms with Crippen molar-refractivity contribution in [2.45, 2.75) is 69.9 Å². The highest BCUT2D eigenvalue weighted by Gasteiger charge is 2.43. The predicted octanol–water partition coefficient (Wildman–Crippen LogP) is 3.95. The van der Waals surface area contributed by atoms with Gasteiger partial charge in [0.25, 0.3) is 0 Å². The summed E-state index contributed by atoms with van der Waals surface area (Å²) in [6.07, 6.45) is 5.24. The summed E-state index contributed by atoms with van der Waals surface area (Å²) < 4.78 is 38.9. The number of likely N-dealkylation sites (N-methyl/N-ethyl adjacent to an activating group) is 1. The van der Waals surface area contributed by atoms with Crippen molar-refractivity contribution in [1.82, 2.24) is 49.1 Å². The Morgan fingerprint density at radius 2 is 1.75 bits per heavy atom. The van der Waals surface area contributed by atoms with Crippen LogP contribution in [0.15, 0.2) is 54.9 Å². The van der Waals surface area contributed by atoms with Crippen LogP contribution in [-0.4, -0.2) is 131 Å². The zero-order valence-electron chi connectivity index (χ0n) is 33.1. The van der Waals surface area contributed by atoms with Gasteiger partial charge in [-0.15, -0.1) is 0 Å². The molecule has 4 aliphatic rings. The van der Waals surface area contributed by atoms with E-state index in [0.29, 0.717) is 61.0 Å². The molecule has 0 radical (unpaired) electrons. The van der Waals surface area contributed by atoms with Gasteiger partial charge in [0.05, 0.1) is 41.0 Å². The number of fused-ring (bicyclic) bond motifs is 6. The third-order valence-electron chi connectivity index (χ3n) is 12.1. The average molecular weight is 804 g/mol. The number of halogens is 2. The second-order valence-corrected chi connectivity index (χ2v) is 15.9. The number of imidazole rings is 1. The fraction of sp³-hybridized carbons (Fsp3) is 0.415. The van der Waals surface area contributed by atoms with Crippen LogP contribution in [0.5, 0.6) is 0 Å². The van der Waals surface area contributed by atoms with Gasteiger partial charge in [-0.05, 0) is 63.4 Å². The van der Waals surface area contributed by atoms with Gasteiger partial charge in [-0.3, -0.25) is 14.6 Å². The number of hydrogen-bond acceptors (Lipinski definition) is 12. The van der Waals surface area contributed by atoms with Gasteiger partial charge in [0.2, 0.25) is 17.8 Å². The minimum atomic E-state index is -0.821. The molecule has 8 heterocycles. The fourth-order valence-corrected chi connectivity index (χ4v) is 8.91. The van der Waals surface area contributed by atoms with Crippen molar-refractivity contribution in [2.75, 3.05) is 55.5 Å². The van der Waals surface area contributed by atoms with Crippen LogP contribution in [0.3, 0.4) is 0 Å². The normalized spacial score (nSPS) is 22.6. The molecule has 304 valence electrons. The van der Waals surface area contributed by atoms with Gasteiger partial charge in [-0.2, -0.15) is 15.1 Å². The molecule has 2 amide bonds. The third-order valence-corrected chi connectivity index (χ3v) is 12.1. The van der Waals surface area contributed by atoms with Crippen molar-refractivity contribution in [3.63, 3.8) is 0 Å². The summed E-state index contributed by atoms with van der Waals surface area (Å²) in [5, 5.41) is 8.60. The molecule has 6 aromatic rings. The summed E-state index contributed by atoms with van der Waals surface area (Å²) >= 11 is 0. The first-order chi connectivity index (χ1) is 28.6. The van der Waals surface area contributed by atoms with Crippen LogP contribution >= 0.6 is 0 Å². The van der Waals surface area contributed by atoms with Crippen LogP contribution in [0.1, 0.15) is 32.0 Å². The third kappa shape index (κ3) is 6.36. The average Bonchev–Trinajstić information content (AvgIpc) is 3.72. The zero-order valence-corrected chi connectivity index (χ0v) is 33.1. The van der Waals surface area contributed by atoms with E-state index in [2.05, 4.69) is 15.0 Å².